The zero-order chi connectivity index (χ0) is 18.2. The van der Waals surface area contributed by atoms with Gasteiger partial charge in [-0.2, -0.15) is 0 Å². The Morgan fingerprint density at radius 3 is 2.28 bits per heavy atom. The van der Waals surface area contributed by atoms with Crippen molar-refractivity contribution < 1.29 is 18.6 Å². The Morgan fingerprint density at radius 1 is 1.16 bits per heavy atom. The summed E-state index contributed by atoms with van der Waals surface area (Å²) in [5, 5.41) is 25.5. The zero-order valence-electron chi connectivity index (χ0n) is 13.0. The van der Waals surface area contributed by atoms with Gasteiger partial charge in [0.2, 0.25) is 10.0 Å². The largest absolute Gasteiger partial charge is 0.391 e. The standard InChI is InChI=1S/C16H16ClN3O4S/c17-12-3-1-11(2-4-12)15-19-16(22,10-21)9-20(15)13-5-7-14(8-6-13)25(18,23)24/h1-8,21-22H,9-10H2,(H2,18,23,24). The molecule has 7 nitrogen and oxygen atoms in total. The molecule has 0 saturated carbocycles. The summed E-state index contributed by atoms with van der Waals surface area (Å²) in [5.41, 5.74) is -0.345. The van der Waals surface area contributed by atoms with Crippen LogP contribution in [0.2, 0.25) is 5.02 Å². The van der Waals surface area contributed by atoms with E-state index in [4.69, 9.17) is 16.7 Å². The Balaban J connectivity index is 2.02. The number of hydrogen-bond acceptors (Lipinski definition) is 6. The molecule has 1 unspecified atom stereocenters. The van der Waals surface area contributed by atoms with E-state index in [1.807, 2.05) is 0 Å². The van der Waals surface area contributed by atoms with Crippen LogP contribution in [0.1, 0.15) is 5.56 Å². The third-order valence-electron chi connectivity index (χ3n) is 3.81. The summed E-state index contributed by atoms with van der Waals surface area (Å²) < 4.78 is 22.8. The van der Waals surface area contributed by atoms with Crippen molar-refractivity contribution in [3.8, 4) is 0 Å². The molecule has 1 heterocycles. The maximum atomic E-state index is 11.4. The monoisotopic (exact) mass is 381 g/mol. The van der Waals surface area contributed by atoms with Gasteiger partial charge in [0, 0.05) is 16.3 Å². The van der Waals surface area contributed by atoms with E-state index in [9.17, 15) is 18.6 Å². The molecule has 2 aromatic carbocycles. The lowest BCUT2D eigenvalue weighted by Crippen LogP contribution is -2.38. The molecule has 132 valence electrons. The quantitative estimate of drug-likeness (QED) is 0.728. The van der Waals surface area contributed by atoms with Crippen molar-refractivity contribution in [3.05, 3.63) is 59.1 Å². The summed E-state index contributed by atoms with van der Waals surface area (Å²) >= 11 is 5.90. The van der Waals surface area contributed by atoms with Crippen molar-refractivity contribution in [1.29, 1.82) is 0 Å². The highest BCUT2D eigenvalue weighted by molar-refractivity contribution is 7.89. The van der Waals surface area contributed by atoms with Gasteiger partial charge in [-0.25, -0.2) is 18.5 Å². The molecule has 25 heavy (non-hydrogen) atoms. The molecule has 3 rings (SSSR count). The highest BCUT2D eigenvalue weighted by atomic mass is 35.5. The second kappa shape index (κ2) is 6.40. The summed E-state index contributed by atoms with van der Waals surface area (Å²) in [6, 6.07) is 12.8. The first kappa shape index (κ1) is 17.8. The number of sulfonamides is 1. The van der Waals surface area contributed by atoms with Crippen molar-refractivity contribution in [2.45, 2.75) is 10.6 Å². The number of hydrogen-bond donors (Lipinski definition) is 3. The average molecular weight is 382 g/mol. The van der Waals surface area contributed by atoms with E-state index in [1.165, 1.54) is 12.1 Å². The molecular weight excluding hydrogens is 366 g/mol. The molecule has 0 fully saturated rings. The number of anilines is 1. The van der Waals surface area contributed by atoms with E-state index in [-0.39, 0.29) is 11.4 Å². The second-order valence-corrected chi connectivity index (χ2v) is 7.71. The normalized spacial score (nSPS) is 20.6. The summed E-state index contributed by atoms with van der Waals surface area (Å²) in [4.78, 5) is 5.90. The number of rotatable bonds is 4. The van der Waals surface area contributed by atoms with Gasteiger partial charge in [0.05, 0.1) is 18.0 Å². The van der Waals surface area contributed by atoms with Crippen molar-refractivity contribution >= 4 is 33.1 Å². The first-order chi connectivity index (χ1) is 11.7. The van der Waals surface area contributed by atoms with E-state index in [0.717, 1.165) is 0 Å². The molecule has 0 spiro atoms. The third-order valence-corrected chi connectivity index (χ3v) is 4.99. The van der Waals surface area contributed by atoms with E-state index < -0.39 is 22.4 Å². The second-order valence-electron chi connectivity index (χ2n) is 5.71. The van der Waals surface area contributed by atoms with Crippen LogP contribution in [0, 0.1) is 0 Å². The maximum Gasteiger partial charge on any atom is 0.238 e. The molecule has 1 atom stereocenters. The summed E-state index contributed by atoms with van der Waals surface area (Å²) in [6.07, 6.45) is 0. The number of halogens is 1. The number of β-amino-alcohol motifs (C(OH)–C–C–N with tert-alkyl or cyclic N) is 1. The Bertz CT molecular complexity index is 913. The fourth-order valence-electron chi connectivity index (χ4n) is 2.55. The number of amidine groups is 1. The minimum absolute atomic E-state index is 0.0159. The molecule has 4 N–H and O–H groups in total. The van der Waals surface area contributed by atoms with Crippen molar-refractivity contribution in [2.24, 2.45) is 10.1 Å². The van der Waals surface area contributed by atoms with Gasteiger partial charge in [-0.05, 0) is 48.5 Å². The van der Waals surface area contributed by atoms with E-state index in [1.54, 1.807) is 41.3 Å². The Morgan fingerprint density at radius 2 is 1.76 bits per heavy atom. The van der Waals surface area contributed by atoms with Gasteiger partial charge >= 0.3 is 0 Å². The number of benzene rings is 2. The molecular formula is C16H16ClN3O4S. The molecule has 1 aliphatic rings. The lowest BCUT2D eigenvalue weighted by Gasteiger charge is -2.23. The van der Waals surface area contributed by atoms with Crippen LogP contribution in [0.25, 0.3) is 0 Å². The number of nitrogens with two attached hydrogens (primary N) is 1. The van der Waals surface area contributed by atoms with Gasteiger partial charge in [-0.1, -0.05) is 11.6 Å². The first-order valence-corrected chi connectivity index (χ1v) is 9.24. The minimum atomic E-state index is -3.79. The fourth-order valence-corrected chi connectivity index (χ4v) is 3.20. The van der Waals surface area contributed by atoms with Crippen molar-refractivity contribution in [3.63, 3.8) is 0 Å². The predicted octanol–water partition coefficient (Wildman–Crippen LogP) is 0.935. The molecule has 0 aromatic heterocycles. The van der Waals surface area contributed by atoms with Crippen molar-refractivity contribution in [1.82, 2.24) is 0 Å². The Hall–Kier alpha value is -1.97. The van der Waals surface area contributed by atoms with Gasteiger partial charge in [-0.15, -0.1) is 0 Å². The van der Waals surface area contributed by atoms with Crippen LogP contribution in [-0.2, 0) is 10.0 Å². The smallest absolute Gasteiger partial charge is 0.238 e. The first-order valence-electron chi connectivity index (χ1n) is 7.31. The van der Waals surface area contributed by atoms with Crippen LogP contribution in [0.5, 0.6) is 0 Å². The summed E-state index contributed by atoms with van der Waals surface area (Å²) in [5.74, 6) is 0.441. The molecule has 9 heteroatoms. The summed E-state index contributed by atoms with van der Waals surface area (Å²) in [7, 11) is -3.79. The number of aliphatic hydroxyl groups excluding tert-OH is 1. The maximum absolute atomic E-state index is 11.4. The van der Waals surface area contributed by atoms with E-state index in [2.05, 4.69) is 4.99 Å². The topological polar surface area (TPSA) is 116 Å². The van der Waals surface area contributed by atoms with E-state index in [0.29, 0.717) is 22.1 Å². The SMILES string of the molecule is NS(=O)(=O)c1ccc(N2CC(O)(CO)N=C2c2ccc(Cl)cc2)cc1. The van der Waals surface area contributed by atoms with Crippen LogP contribution in [-0.4, -0.2) is 43.3 Å². The molecule has 2 aromatic rings. The number of nitrogens with zero attached hydrogens (tertiary/aromatic N) is 2. The fraction of sp³-hybridized carbons (Fsp3) is 0.188. The van der Waals surface area contributed by atoms with Crippen LogP contribution >= 0.6 is 11.6 Å². The van der Waals surface area contributed by atoms with Gasteiger partial charge in [0.15, 0.2) is 5.72 Å². The van der Waals surface area contributed by atoms with E-state index >= 15 is 0 Å². The highest BCUT2D eigenvalue weighted by Crippen LogP contribution is 2.29. The van der Waals surface area contributed by atoms with Crippen molar-refractivity contribution in [2.75, 3.05) is 18.1 Å². The van der Waals surface area contributed by atoms with Crippen LogP contribution in [0.3, 0.4) is 0 Å². The molecule has 0 amide bonds. The van der Waals surface area contributed by atoms with Crippen LogP contribution in [0.4, 0.5) is 5.69 Å². The molecule has 1 aliphatic heterocycles. The molecule has 0 bridgehead atoms. The Kier molecular flexibility index (Phi) is 4.56. The number of aliphatic imine (C=N–C) groups is 1. The number of primary sulfonamides is 1. The zero-order valence-corrected chi connectivity index (χ0v) is 14.6. The Labute approximate surface area is 150 Å². The lowest BCUT2D eigenvalue weighted by atomic mass is 10.1. The van der Waals surface area contributed by atoms with Crippen LogP contribution < -0.4 is 10.0 Å². The molecule has 0 radical (unpaired) electrons. The average Bonchev–Trinajstić information content (AvgIpc) is 2.94. The van der Waals surface area contributed by atoms with Gasteiger partial charge in [0.1, 0.15) is 5.84 Å². The number of aliphatic hydroxyl groups is 2. The molecule has 0 saturated heterocycles. The minimum Gasteiger partial charge on any atom is -0.391 e. The molecule has 0 aliphatic carbocycles. The predicted molar refractivity (Wildman–Crippen MR) is 95.2 cm³/mol. The van der Waals surface area contributed by atoms with Gasteiger partial charge in [-0.3, -0.25) is 0 Å². The van der Waals surface area contributed by atoms with Crippen LogP contribution in [0.15, 0.2) is 58.4 Å². The van der Waals surface area contributed by atoms with Gasteiger partial charge < -0.3 is 15.1 Å². The third kappa shape index (κ3) is 3.68. The highest BCUT2D eigenvalue weighted by Gasteiger charge is 2.38. The van der Waals surface area contributed by atoms with Gasteiger partial charge in [0.25, 0.3) is 0 Å². The summed E-state index contributed by atoms with van der Waals surface area (Å²) in [6.45, 7) is -0.522. The lowest BCUT2D eigenvalue weighted by molar-refractivity contribution is 0.00794.